The van der Waals surface area contributed by atoms with E-state index in [-0.39, 0.29) is 18.3 Å². The van der Waals surface area contributed by atoms with Gasteiger partial charge in [0, 0.05) is 6.54 Å². The molecule has 0 bridgehead atoms. The van der Waals surface area contributed by atoms with Crippen LogP contribution in [0.3, 0.4) is 0 Å². The van der Waals surface area contributed by atoms with Crippen LogP contribution in [0.4, 0.5) is 26.2 Å². The van der Waals surface area contributed by atoms with E-state index in [9.17, 15) is 18.9 Å². The smallest absolute Gasteiger partial charge is 0.329 e. The van der Waals surface area contributed by atoms with E-state index >= 15 is 0 Å². The van der Waals surface area contributed by atoms with Crippen LogP contribution in [0, 0.1) is 10.1 Å². The molecule has 0 saturated heterocycles. The van der Waals surface area contributed by atoms with Gasteiger partial charge in [-0.1, -0.05) is 0 Å². The number of nitrogens with zero attached hydrogens (tertiary/aromatic N) is 4. The van der Waals surface area contributed by atoms with Crippen molar-refractivity contribution in [2.75, 3.05) is 30.3 Å². The summed E-state index contributed by atoms with van der Waals surface area (Å²) in [5.41, 5.74) is 4.73. The Balaban J connectivity index is 3.15. The van der Waals surface area contributed by atoms with Crippen LogP contribution in [0.2, 0.25) is 0 Å². The second-order valence-electron chi connectivity index (χ2n) is 3.25. The number of aromatic nitrogens is 2. The highest BCUT2D eigenvalue weighted by molar-refractivity contribution is 5.58. The normalized spacial score (nSPS) is 10.7. The largest absolute Gasteiger partial charge is 0.395 e. The molecule has 100 valence electrons. The second kappa shape index (κ2) is 6.00. The Morgan fingerprint density at radius 1 is 1.61 bits per heavy atom. The van der Waals surface area contributed by atoms with Crippen molar-refractivity contribution in [3.63, 3.8) is 0 Å². The molecular formula is C8H11F2N5O3. The summed E-state index contributed by atoms with van der Waals surface area (Å²) in [6.45, 7) is -1.47. The van der Waals surface area contributed by atoms with Crippen LogP contribution in [-0.2, 0) is 0 Å². The van der Waals surface area contributed by atoms with Crippen LogP contribution >= 0.6 is 0 Å². The lowest BCUT2D eigenvalue weighted by atomic mass is 10.4. The zero-order chi connectivity index (χ0) is 13.7. The van der Waals surface area contributed by atoms with Crippen LogP contribution in [0.1, 0.15) is 0 Å². The maximum absolute atomic E-state index is 12.4. The zero-order valence-corrected chi connectivity index (χ0v) is 9.16. The molecule has 0 aromatic carbocycles. The summed E-state index contributed by atoms with van der Waals surface area (Å²) in [7, 11) is 0. The van der Waals surface area contributed by atoms with Crippen LogP contribution < -0.4 is 10.6 Å². The number of rotatable bonds is 6. The van der Waals surface area contributed by atoms with E-state index in [1.807, 2.05) is 0 Å². The molecule has 0 unspecified atom stereocenters. The molecule has 8 nitrogen and oxygen atoms in total. The van der Waals surface area contributed by atoms with Gasteiger partial charge in [0.15, 0.2) is 0 Å². The third-order valence-corrected chi connectivity index (χ3v) is 1.99. The van der Waals surface area contributed by atoms with E-state index in [1.54, 1.807) is 0 Å². The van der Waals surface area contributed by atoms with Gasteiger partial charge in [0.25, 0.3) is 6.43 Å². The minimum Gasteiger partial charge on any atom is -0.395 e. The highest BCUT2D eigenvalue weighted by atomic mass is 19.3. The Hall–Kier alpha value is -2.10. The molecule has 0 fully saturated rings. The van der Waals surface area contributed by atoms with Crippen LogP contribution in [0.15, 0.2) is 6.20 Å². The Bertz CT molecular complexity index is 431. The van der Waals surface area contributed by atoms with Crippen molar-refractivity contribution in [2.45, 2.75) is 6.43 Å². The van der Waals surface area contributed by atoms with Crippen molar-refractivity contribution in [1.82, 2.24) is 9.97 Å². The van der Waals surface area contributed by atoms with Gasteiger partial charge in [0.1, 0.15) is 6.20 Å². The summed E-state index contributed by atoms with van der Waals surface area (Å²) < 4.78 is 24.7. The molecule has 18 heavy (non-hydrogen) atoms. The number of aliphatic hydroxyl groups is 1. The van der Waals surface area contributed by atoms with Crippen molar-refractivity contribution in [3.8, 4) is 0 Å². The van der Waals surface area contributed by atoms with E-state index in [0.717, 1.165) is 11.1 Å². The molecular weight excluding hydrogens is 252 g/mol. The van der Waals surface area contributed by atoms with Gasteiger partial charge in [-0.3, -0.25) is 10.1 Å². The lowest BCUT2D eigenvalue weighted by molar-refractivity contribution is -0.384. The van der Waals surface area contributed by atoms with Gasteiger partial charge in [0.2, 0.25) is 11.8 Å². The molecule has 0 aliphatic carbocycles. The third-order valence-electron chi connectivity index (χ3n) is 1.99. The second-order valence-corrected chi connectivity index (χ2v) is 3.25. The first kappa shape index (κ1) is 14.0. The molecule has 3 N–H and O–H groups in total. The maximum Gasteiger partial charge on any atom is 0.329 e. The van der Waals surface area contributed by atoms with E-state index in [1.165, 1.54) is 0 Å². The molecule has 1 aromatic rings. The Kier molecular flexibility index (Phi) is 4.66. The molecule has 1 aromatic heterocycles. The summed E-state index contributed by atoms with van der Waals surface area (Å²) >= 11 is 0. The maximum atomic E-state index is 12.4. The SMILES string of the molecule is Nc1ncc([N+](=O)[O-])c(N(CCO)CC(F)F)n1. The lowest BCUT2D eigenvalue weighted by Gasteiger charge is -2.21. The number of hydrogen-bond donors (Lipinski definition) is 2. The van der Waals surface area contributed by atoms with E-state index in [2.05, 4.69) is 9.97 Å². The predicted molar refractivity (Wildman–Crippen MR) is 58.4 cm³/mol. The highest BCUT2D eigenvalue weighted by Gasteiger charge is 2.24. The van der Waals surface area contributed by atoms with Gasteiger partial charge >= 0.3 is 5.69 Å². The molecule has 0 radical (unpaired) electrons. The average Bonchev–Trinajstić information content (AvgIpc) is 2.27. The topological polar surface area (TPSA) is 118 Å². The summed E-state index contributed by atoms with van der Waals surface area (Å²) in [6.07, 6.45) is -1.89. The van der Waals surface area contributed by atoms with Crippen molar-refractivity contribution in [2.24, 2.45) is 0 Å². The monoisotopic (exact) mass is 263 g/mol. The first-order chi connectivity index (χ1) is 8.45. The molecule has 10 heteroatoms. The number of nitrogens with two attached hydrogens (primary N) is 1. The molecule has 0 aliphatic rings. The lowest BCUT2D eigenvalue weighted by Crippen LogP contribution is -2.33. The van der Waals surface area contributed by atoms with Crippen LogP contribution in [0.25, 0.3) is 0 Å². The van der Waals surface area contributed by atoms with E-state index < -0.39 is 30.2 Å². The number of nitrogen functional groups attached to an aromatic ring is 1. The summed E-state index contributed by atoms with van der Waals surface area (Å²) in [5.74, 6) is -0.602. The minimum atomic E-state index is -2.73. The summed E-state index contributed by atoms with van der Waals surface area (Å²) in [5, 5.41) is 19.5. The molecule has 0 saturated carbocycles. The molecule has 0 spiro atoms. The number of anilines is 2. The predicted octanol–water partition coefficient (Wildman–Crippen LogP) is 0.0308. The Morgan fingerprint density at radius 3 is 2.78 bits per heavy atom. The number of hydrogen-bond acceptors (Lipinski definition) is 7. The molecule has 1 heterocycles. The van der Waals surface area contributed by atoms with Gasteiger partial charge in [-0.25, -0.2) is 13.8 Å². The van der Waals surface area contributed by atoms with Crippen molar-refractivity contribution in [3.05, 3.63) is 16.3 Å². The fourth-order valence-corrected chi connectivity index (χ4v) is 1.31. The highest BCUT2D eigenvalue weighted by Crippen LogP contribution is 2.25. The quantitative estimate of drug-likeness (QED) is 0.549. The van der Waals surface area contributed by atoms with Crippen molar-refractivity contribution in [1.29, 1.82) is 0 Å². The van der Waals surface area contributed by atoms with Crippen LogP contribution in [0.5, 0.6) is 0 Å². The van der Waals surface area contributed by atoms with E-state index in [4.69, 9.17) is 10.8 Å². The minimum absolute atomic E-state index is 0.221. The Labute approximate surface area is 100 Å². The van der Waals surface area contributed by atoms with Crippen molar-refractivity contribution < 1.29 is 18.8 Å². The van der Waals surface area contributed by atoms with Gasteiger partial charge in [-0.15, -0.1) is 0 Å². The standard InChI is InChI=1S/C8H11F2N5O3/c9-6(10)4-14(1-2-16)7-5(15(17)18)3-12-8(11)13-7/h3,6,16H,1-2,4H2,(H2,11,12,13). The van der Waals surface area contributed by atoms with E-state index in [0.29, 0.717) is 0 Å². The molecule has 1 rings (SSSR count). The fraction of sp³-hybridized carbons (Fsp3) is 0.500. The number of alkyl halides is 2. The first-order valence-electron chi connectivity index (χ1n) is 4.86. The average molecular weight is 263 g/mol. The number of nitro groups is 1. The molecule has 0 aliphatic heterocycles. The summed E-state index contributed by atoms with van der Waals surface area (Å²) in [6, 6.07) is 0. The fourth-order valence-electron chi connectivity index (χ4n) is 1.31. The van der Waals surface area contributed by atoms with Gasteiger partial charge in [0.05, 0.1) is 18.1 Å². The number of aliphatic hydroxyl groups excluding tert-OH is 1. The first-order valence-corrected chi connectivity index (χ1v) is 4.86. The van der Waals surface area contributed by atoms with Crippen LogP contribution in [-0.4, -0.2) is 46.1 Å². The van der Waals surface area contributed by atoms with Gasteiger partial charge < -0.3 is 15.7 Å². The zero-order valence-electron chi connectivity index (χ0n) is 9.16. The van der Waals surface area contributed by atoms with Gasteiger partial charge in [-0.2, -0.15) is 4.98 Å². The Morgan fingerprint density at radius 2 is 2.28 bits per heavy atom. The van der Waals surface area contributed by atoms with Crippen molar-refractivity contribution >= 4 is 17.5 Å². The number of halogens is 2. The summed E-state index contributed by atoms with van der Waals surface area (Å²) in [4.78, 5) is 17.8. The third kappa shape index (κ3) is 3.45. The van der Waals surface area contributed by atoms with Gasteiger partial charge in [-0.05, 0) is 0 Å². The molecule has 0 amide bonds. The molecule has 0 atom stereocenters.